The minimum Gasteiger partial charge on any atom is -0.312 e. The van der Waals surface area contributed by atoms with Crippen molar-refractivity contribution in [3.8, 4) is 0 Å². The second-order valence-corrected chi connectivity index (χ2v) is 7.40. The Balaban J connectivity index is 2.11. The Labute approximate surface area is 121 Å². The summed E-state index contributed by atoms with van der Waals surface area (Å²) in [6.07, 6.45) is 1.40. The summed E-state index contributed by atoms with van der Waals surface area (Å²) < 4.78 is 37.9. The summed E-state index contributed by atoms with van der Waals surface area (Å²) in [5.41, 5.74) is 0.361. The molecule has 2 nitrogen and oxygen atoms in total. The average Bonchev–Trinajstić information content (AvgIpc) is 2.81. The van der Waals surface area contributed by atoms with Crippen molar-refractivity contribution in [3.05, 3.63) is 16.1 Å². The van der Waals surface area contributed by atoms with E-state index in [-0.39, 0.29) is 6.04 Å². The first-order valence-electron chi connectivity index (χ1n) is 6.93. The molecule has 2 rings (SSSR count). The Morgan fingerprint density at radius 1 is 1.35 bits per heavy atom. The fourth-order valence-corrected chi connectivity index (χ4v) is 3.91. The highest BCUT2D eigenvalue weighted by atomic mass is 32.1. The SMILES string of the molecule is CNC(c1cnc(C(F)(F)F)s1)C1CCC(C)(C)CC1. The normalized spacial score (nSPS) is 21.9. The van der Waals surface area contributed by atoms with Crippen molar-refractivity contribution >= 4 is 11.3 Å². The molecule has 20 heavy (non-hydrogen) atoms. The second kappa shape index (κ2) is 5.64. The van der Waals surface area contributed by atoms with E-state index in [1.54, 1.807) is 0 Å². The molecule has 1 aliphatic carbocycles. The lowest BCUT2D eigenvalue weighted by atomic mass is 9.71. The number of rotatable bonds is 3. The fourth-order valence-electron chi connectivity index (χ4n) is 2.93. The lowest BCUT2D eigenvalue weighted by Crippen LogP contribution is -2.30. The largest absolute Gasteiger partial charge is 0.443 e. The lowest BCUT2D eigenvalue weighted by Gasteiger charge is -2.37. The van der Waals surface area contributed by atoms with E-state index in [4.69, 9.17) is 0 Å². The van der Waals surface area contributed by atoms with E-state index in [9.17, 15) is 13.2 Å². The smallest absolute Gasteiger partial charge is 0.312 e. The predicted octanol–water partition coefficient (Wildman–Crippen LogP) is 4.64. The van der Waals surface area contributed by atoms with Gasteiger partial charge in [-0.2, -0.15) is 13.2 Å². The molecule has 0 amide bonds. The number of thiazole rings is 1. The van der Waals surface area contributed by atoms with Crippen molar-refractivity contribution in [1.29, 1.82) is 0 Å². The number of hydrogen-bond donors (Lipinski definition) is 1. The third-order valence-electron chi connectivity index (χ3n) is 4.24. The van der Waals surface area contributed by atoms with Gasteiger partial charge < -0.3 is 5.32 Å². The maximum Gasteiger partial charge on any atom is 0.443 e. The van der Waals surface area contributed by atoms with Gasteiger partial charge in [-0.15, -0.1) is 11.3 Å². The predicted molar refractivity (Wildman–Crippen MR) is 74.7 cm³/mol. The van der Waals surface area contributed by atoms with E-state index < -0.39 is 11.2 Å². The maximum absolute atomic E-state index is 12.6. The molecule has 1 unspecified atom stereocenters. The summed E-state index contributed by atoms with van der Waals surface area (Å²) in [7, 11) is 1.82. The first-order valence-corrected chi connectivity index (χ1v) is 7.75. The number of nitrogens with zero attached hydrogens (tertiary/aromatic N) is 1. The molecule has 0 radical (unpaired) electrons. The zero-order chi connectivity index (χ0) is 15.0. The van der Waals surface area contributed by atoms with Crippen molar-refractivity contribution < 1.29 is 13.2 Å². The minimum atomic E-state index is -4.34. The average molecular weight is 306 g/mol. The molecule has 0 aromatic carbocycles. The summed E-state index contributed by atoms with van der Waals surface area (Å²) in [5.74, 6) is 0.398. The molecule has 1 aliphatic rings. The van der Waals surface area contributed by atoms with E-state index in [0.717, 1.165) is 37.0 Å². The Hall–Kier alpha value is -0.620. The van der Waals surface area contributed by atoms with Crippen LogP contribution in [0.2, 0.25) is 0 Å². The Kier molecular flexibility index (Phi) is 4.44. The third-order valence-corrected chi connectivity index (χ3v) is 5.36. The van der Waals surface area contributed by atoms with E-state index >= 15 is 0 Å². The van der Waals surface area contributed by atoms with Gasteiger partial charge in [0.05, 0.1) is 0 Å². The molecule has 0 aliphatic heterocycles. The van der Waals surface area contributed by atoms with Crippen LogP contribution in [0.5, 0.6) is 0 Å². The zero-order valence-corrected chi connectivity index (χ0v) is 12.9. The first kappa shape index (κ1) is 15.8. The molecule has 1 heterocycles. The highest BCUT2D eigenvalue weighted by Gasteiger charge is 2.37. The number of nitrogens with one attached hydrogen (secondary N) is 1. The van der Waals surface area contributed by atoms with Crippen molar-refractivity contribution in [2.24, 2.45) is 11.3 Å². The van der Waals surface area contributed by atoms with Gasteiger partial charge in [-0.05, 0) is 44.1 Å². The summed E-state index contributed by atoms with van der Waals surface area (Å²) in [6, 6.07) is -0.0142. The topological polar surface area (TPSA) is 24.9 Å². The highest BCUT2D eigenvalue weighted by Crippen LogP contribution is 2.44. The molecule has 6 heteroatoms. The minimum absolute atomic E-state index is 0.0142. The van der Waals surface area contributed by atoms with Gasteiger partial charge in [0.15, 0.2) is 5.01 Å². The van der Waals surface area contributed by atoms with Crippen LogP contribution >= 0.6 is 11.3 Å². The number of hydrogen-bond acceptors (Lipinski definition) is 3. The van der Waals surface area contributed by atoms with Crippen LogP contribution in [-0.4, -0.2) is 12.0 Å². The molecule has 1 saturated carbocycles. The van der Waals surface area contributed by atoms with Crippen LogP contribution in [0.1, 0.15) is 55.5 Å². The Morgan fingerprint density at radius 2 is 1.95 bits per heavy atom. The van der Waals surface area contributed by atoms with Crippen LogP contribution in [0.4, 0.5) is 13.2 Å². The standard InChI is InChI=1S/C14H21F3N2S/c1-13(2)6-4-9(5-7-13)11(18-3)10-8-19-12(20-10)14(15,16)17/h8-9,11,18H,4-7H2,1-3H3. The van der Waals surface area contributed by atoms with Crippen LogP contribution in [0.15, 0.2) is 6.20 Å². The van der Waals surface area contributed by atoms with Crippen molar-refractivity contribution in [1.82, 2.24) is 10.3 Å². The van der Waals surface area contributed by atoms with E-state index in [1.165, 1.54) is 6.20 Å². The van der Waals surface area contributed by atoms with Gasteiger partial charge in [0.2, 0.25) is 0 Å². The molecule has 114 valence electrons. The van der Waals surface area contributed by atoms with Gasteiger partial charge in [0.1, 0.15) is 0 Å². The molecule has 1 aromatic heterocycles. The van der Waals surface area contributed by atoms with Gasteiger partial charge in [0.25, 0.3) is 0 Å². The number of halogens is 3. The van der Waals surface area contributed by atoms with Crippen molar-refractivity contribution in [2.45, 2.75) is 51.7 Å². The zero-order valence-electron chi connectivity index (χ0n) is 12.0. The molecule has 1 atom stereocenters. The van der Waals surface area contributed by atoms with E-state index in [0.29, 0.717) is 16.2 Å². The van der Waals surface area contributed by atoms with Crippen LogP contribution in [-0.2, 0) is 6.18 Å². The number of alkyl halides is 3. The monoisotopic (exact) mass is 306 g/mol. The van der Waals surface area contributed by atoms with Crippen molar-refractivity contribution in [2.75, 3.05) is 7.05 Å². The maximum atomic E-state index is 12.6. The van der Waals surface area contributed by atoms with Crippen molar-refractivity contribution in [3.63, 3.8) is 0 Å². The van der Waals surface area contributed by atoms with Gasteiger partial charge >= 0.3 is 6.18 Å². The molecule has 1 aromatic rings. The Bertz CT molecular complexity index is 444. The first-order chi connectivity index (χ1) is 9.23. The summed E-state index contributed by atoms with van der Waals surface area (Å²) in [5, 5.41) is 2.44. The molecule has 1 N–H and O–H groups in total. The molecule has 1 fully saturated rings. The quantitative estimate of drug-likeness (QED) is 0.880. The van der Waals surface area contributed by atoms with Crippen LogP contribution in [0.3, 0.4) is 0 Å². The van der Waals surface area contributed by atoms with Crippen LogP contribution < -0.4 is 5.32 Å². The molecule has 0 spiro atoms. The molecular weight excluding hydrogens is 285 g/mol. The molecule has 0 bridgehead atoms. The molecule has 0 saturated heterocycles. The second-order valence-electron chi connectivity index (χ2n) is 6.33. The lowest BCUT2D eigenvalue weighted by molar-refractivity contribution is -0.137. The number of aromatic nitrogens is 1. The highest BCUT2D eigenvalue weighted by molar-refractivity contribution is 7.11. The van der Waals surface area contributed by atoms with Gasteiger partial charge in [-0.1, -0.05) is 13.8 Å². The fraction of sp³-hybridized carbons (Fsp3) is 0.786. The van der Waals surface area contributed by atoms with E-state index in [1.807, 2.05) is 7.05 Å². The summed E-state index contributed by atoms with van der Waals surface area (Å²) in [6.45, 7) is 4.51. The van der Waals surface area contributed by atoms with Gasteiger partial charge in [-0.3, -0.25) is 0 Å². The van der Waals surface area contributed by atoms with Crippen LogP contribution in [0, 0.1) is 11.3 Å². The summed E-state index contributed by atoms with van der Waals surface area (Å²) >= 11 is 0.767. The molecular formula is C14H21F3N2S. The van der Waals surface area contributed by atoms with Gasteiger partial charge in [-0.25, -0.2) is 4.98 Å². The van der Waals surface area contributed by atoms with Crippen LogP contribution in [0.25, 0.3) is 0 Å². The Morgan fingerprint density at radius 3 is 2.40 bits per heavy atom. The van der Waals surface area contributed by atoms with Gasteiger partial charge in [0, 0.05) is 17.1 Å². The van der Waals surface area contributed by atoms with E-state index in [2.05, 4.69) is 24.1 Å². The summed E-state index contributed by atoms with van der Waals surface area (Å²) in [4.78, 5) is 4.23. The third kappa shape index (κ3) is 3.52.